The second-order valence-corrected chi connectivity index (χ2v) is 7.10. The number of para-hydroxylation sites is 1. The second kappa shape index (κ2) is 8.90. The Morgan fingerprint density at radius 2 is 1.81 bits per heavy atom. The van der Waals surface area contributed by atoms with Gasteiger partial charge in [0.05, 0.1) is 4.92 Å². The van der Waals surface area contributed by atoms with E-state index in [-0.39, 0.29) is 5.69 Å². The zero-order valence-electron chi connectivity index (χ0n) is 14.9. The molecular weight excluding hydrogens is 331 g/mol. The summed E-state index contributed by atoms with van der Waals surface area (Å²) in [6.07, 6.45) is 4.81. The summed E-state index contributed by atoms with van der Waals surface area (Å²) < 4.78 is 13.7. The molecule has 1 aliphatic heterocycles. The monoisotopic (exact) mass is 356 g/mol. The third-order valence-corrected chi connectivity index (χ3v) is 5.27. The largest absolute Gasteiger partial charge is 0.307 e. The van der Waals surface area contributed by atoms with Crippen LogP contribution in [0.15, 0.2) is 48.5 Å². The first-order chi connectivity index (χ1) is 12.6. The average Bonchev–Trinajstić information content (AvgIpc) is 2.64. The Morgan fingerprint density at radius 1 is 1.08 bits per heavy atom. The highest BCUT2D eigenvalue weighted by atomic mass is 19.1. The van der Waals surface area contributed by atoms with Crippen LogP contribution in [-0.2, 0) is 13.0 Å². The minimum absolute atomic E-state index is 0.356. The van der Waals surface area contributed by atoms with Crippen molar-refractivity contribution in [3.05, 3.63) is 75.6 Å². The Balaban J connectivity index is 1.43. The van der Waals surface area contributed by atoms with Crippen LogP contribution >= 0.6 is 0 Å². The molecule has 0 bridgehead atoms. The maximum atomic E-state index is 13.7. The van der Waals surface area contributed by atoms with Crippen LogP contribution in [0, 0.1) is 21.8 Å². The van der Waals surface area contributed by atoms with E-state index in [1.165, 1.54) is 5.56 Å². The highest BCUT2D eigenvalue weighted by Crippen LogP contribution is 2.27. The summed E-state index contributed by atoms with van der Waals surface area (Å²) >= 11 is 0. The van der Waals surface area contributed by atoms with E-state index in [2.05, 4.69) is 29.2 Å². The van der Waals surface area contributed by atoms with Crippen molar-refractivity contribution in [2.45, 2.75) is 38.6 Å². The first kappa shape index (κ1) is 18.5. The van der Waals surface area contributed by atoms with Crippen molar-refractivity contribution in [2.75, 3.05) is 13.1 Å². The quantitative estimate of drug-likeness (QED) is 0.520. The second-order valence-electron chi connectivity index (χ2n) is 7.10. The number of halogens is 1. The van der Waals surface area contributed by atoms with Crippen LogP contribution in [0.25, 0.3) is 0 Å². The predicted octanol–water partition coefficient (Wildman–Crippen LogP) is 4.97. The van der Waals surface area contributed by atoms with Gasteiger partial charge in [-0.05, 0) is 56.3 Å². The molecule has 1 aliphatic rings. The normalized spacial score (nSPS) is 15.9. The smallest absolute Gasteiger partial charge is 0.299 e. The van der Waals surface area contributed by atoms with Gasteiger partial charge < -0.3 is 0 Å². The molecule has 0 unspecified atom stereocenters. The lowest BCUT2D eigenvalue weighted by Gasteiger charge is -2.32. The van der Waals surface area contributed by atoms with Gasteiger partial charge >= 0.3 is 5.69 Å². The van der Waals surface area contributed by atoms with Crippen molar-refractivity contribution in [1.82, 2.24) is 4.90 Å². The summed E-state index contributed by atoms with van der Waals surface area (Å²) in [7, 11) is 0. The van der Waals surface area contributed by atoms with Crippen LogP contribution in [0.2, 0.25) is 0 Å². The topological polar surface area (TPSA) is 46.4 Å². The molecule has 0 atom stereocenters. The van der Waals surface area contributed by atoms with Crippen molar-refractivity contribution in [3.63, 3.8) is 0 Å². The van der Waals surface area contributed by atoms with Crippen LogP contribution < -0.4 is 0 Å². The molecule has 1 fully saturated rings. The fourth-order valence-corrected chi connectivity index (χ4v) is 3.82. The summed E-state index contributed by atoms with van der Waals surface area (Å²) in [4.78, 5) is 12.9. The lowest BCUT2D eigenvalue weighted by Crippen LogP contribution is -2.33. The molecule has 138 valence electrons. The van der Waals surface area contributed by atoms with Gasteiger partial charge in [-0.3, -0.25) is 15.0 Å². The maximum absolute atomic E-state index is 13.7. The van der Waals surface area contributed by atoms with E-state index in [4.69, 9.17) is 0 Å². The van der Waals surface area contributed by atoms with E-state index < -0.39 is 10.7 Å². The number of benzene rings is 2. The van der Waals surface area contributed by atoms with Gasteiger partial charge in [-0.2, -0.15) is 4.39 Å². The molecule has 2 aromatic rings. The number of nitrogens with zero attached hydrogens (tertiary/aromatic N) is 2. The van der Waals surface area contributed by atoms with Crippen molar-refractivity contribution in [2.24, 2.45) is 5.92 Å². The van der Waals surface area contributed by atoms with E-state index in [1.54, 1.807) is 12.1 Å². The summed E-state index contributed by atoms with van der Waals surface area (Å²) in [6.45, 7) is 3.20. The minimum Gasteiger partial charge on any atom is -0.299 e. The van der Waals surface area contributed by atoms with Gasteiger partial charge in [-0.15, -0.1) is 0 Å². The first-order valence-electron chi connectivity index (χ1n) is 9.31. The van der Waals surface area contributed by atoms with Crippen molar-refractivity contribution >= 4 is 5.69 Å². The molecule has 1 heterocycles. The molecule has 4 nitrogen and oxygen atoms in total. The molecule has 0 N–H and O–H groups in total. The molecule has 0 amide bonds. The number of likely N-dealkylation sites (tertiary alicyclic amines) is 1. The third kappa shape index (κ3) is 4.88. The van der Waals surface area contributed by atoms with Gasteiger partial charge in [0, 0.05) is 12.1 Å². The minimum atomic E-state index is -0.735. The maximum Gasteiger partial charge on any atom is 0.307 e. The Hall–Kier alpha value is -2.27. The van der Waals surface area contributed by atoms with Gasteiger partial charge in [-0.25, -0.2) is 0 Å². The van der Waals surface area contributed by atoms with Crippen LogP contribution in [0.4, 0.5) is 10.1 Å². The van der Waals surface area contributed by atoms with Gasteiger partial charge in [0.2, 0.25) is 5.82 Å². The third-order valence-electron chi connectivity index (χ3n) is 5.27. The van der Waals surface area contributed by atoms with E-state index in [0.717, 1.165) is 51.4 Å². The zero-order valence-corrected chi connectivity index (χ0v) is 14.9. The van der Waals surface area contributed by atoms with Gasteiger partial charge in [-0.1, -0.05) is 48.9 Å². The summed E-state index contributed by atoms with van der Waals surface area (Å²) in [5, 5.41) is 11.1. The number of hydrogen-bond donors (Lipinski definition) is 0. The lowest BCUT2D eigenvalue weighted by atomic mass is 9.90. The molecule has 5 heteroatoms. The first-order valence-corrected chi connectivity index (χ1v) is 9.31. The van der Waals surface area contributed by atoms with E-state index in [9.17, 15) is 14.5 Å². The zero-order chi connectivity index (χ0) is 18.4. The highest BCUT2D eigenvalue weighted by Gasteiger charge is 2.21. The van der Waals surface area contributed by atoms with E-state index in [1.807, 2.05) is 6.07 Å². The molecule has 2 aromatic carbocycles. The summed E-state index contributed by atoms with van der Waals surface area (Å²) in [5.74, 6) is -0.0728. The molecule has 0 aliphatic carbocycles. The van der Waals surface area contributed by atoms with Gasteiger partial charge in [0.1, 0.15) is 0 Å². The Labute approximate surface area is 153 Å². The molecule has 26 heavy (non-hydrogen) atoms. The lowest BCUT2D eigenvalue weighted by molar-refractivity contribution is -0.388. The highest BCUT2D eigenvalue weighted by molar-refractivity contribution is 5.41. The Kier molecular flexibility index (Phi) is 6.34. The standard InChI is InChI=1S/C21H25FN2O2/c22-20-11-5-10-19(21(20)24(25)26)9-4-8-17-12-14-23(15-13-17)16-18-6-2-1-3-7-18/h1-3,5-7,10-11,17H,4,8-9,12-16H2. The van der Waals surface area contributed by atoms with Gasteiger partial charge in [0.15, 0.2) is 0 Å². The number of nitro benzene ring substituents is 1. The number of nitro groups is 1. The predicted molar refractivity (Wildman–Crippen MR) is 100 cm³/mol. The molecule has 3 rings (SSSR count). The Morgan fingerprint density at radius 3 is 2.50 bits per heavy atom. The van der Waals surface area contributed by atoms with Gasteiger partial charge in [0.25, 0.3) is 0 Å². The molecule has 1 saturated heterocycles. The van der Waals surface area contributed by atoms with Crippen LogP contribution in [0.5, 0.6) is 0 Å². The molecule has 0 aromatic heterocycles. The van der Waals surface area contributed by atoms with E-state index in [0.29, 0.717) is 17.9 Å². The van der Waals surface area contributed by atoms with Crippen molar-refractivity contribution in [1.29, 1.82) is 0 Å². The number of hydrogen-bond acceptors (Lipinski definition) is 3. The Bertz CT molecular complexity index is 728. The van der Waals surface area contributed by atoms with E-state index >= 15 is 0 Å². The SMILES string of the molecule is O=[N+]([O-])c1c(F)cccc1CCCC1CCN(Cc2ccccc2)CC1. The molecule has 0 spiro atoms. The average molecular weight is 356 g/mol. The summed E-state index contributed by atoms with van der Waals surface area (Å²) in [5.41, 5.74) is 1.51. The molecule has 0 radical (unpaired) electrons. The van der Waals surface area contributed by atoms with Crippen molar-refractivity contribution < 1.29 is 9.31 Å². The number of rotatable bonds is 7. The summed E-state index contributed by atoms with van der Waals surface area (Å²) in [6, 6.07) is 14.9. The fourth-order valence-electron chi connectivity index (χ4n) is 3.82. The fraction of sp³-hybridized carbons (Fsp3) is 0.429. The molecule has 0 saturated carbocycles. The molecular formula is C21H25FN2O2. The van der Waals surface area contributed by atoms with Crippen LogP contribution in [-0.4, -0.2) is 22.9 Å². The number of piperidine rings is 1. The van der Waals surface area contributed by atoms with Crippen LogP contribution in [0.3, 0.4) is 0 Å². The number of aryl methyl sites for hydroxylation is 1. The van der Waals surface area contributed by atoms with Crippen molar-refractivity contribution in [3.8, 4) is 0 Å². The van der Waals surface area contributed by atoms with Crippen LogP contribution in [0.1, 0.15) is 36.8 Å².